The summed E-state index contributed by atoms with van der Waals surface area (Å²) in [4.78, 5) is 47.5. The smallest absolute Gasteiger partial charge is 0.387 e. The molecule has 1 saturated carbocycles. The molecule has 0 aromatic carbocycles. The topological polar surface area (TPSA) is 173 Å². The number of phosphoric acid groups is 1. The predicted octanol–water partition coefficient (Wildman–Crippen LogP) is -0.161. The number of aliphatic hydroxyl groups excluding tert-OH is 2. The zero-order valence-corrected chi connectivity index (χ0v) is 18.5. The molecule has 1 aliphatic heterocycles. The van der Waals surface area contributed by atoms with Gasteiger partial charge in [-0.05, 0) is 36.5 Å². The number of rotatable bonds is 7. The first-order chi connectivity index (χ1) is 15.6. The lowest BCUT2D eigenvalue weighted by Crippen LogP contribution is -2.43. The summed E-state index contributed by atoms with van der Waals surface area (Å²) in [7, 11) is -4.82. The number of ether oxygens (including phenoxy) is 1. The van der Waals surface area contributed by atoms with E-state index in [-0.39, 0.29) is 6.54 Å². The second kappa shape index (κ2) is 9.59. The molecule has 3 heterocycles. The first kappa shape index (κ1) is 24.0. The molecule has 12 nitrogen and oxygen atoms in total. The molecule has 180 valence electrons. The molecule has 2 aromatic heterocycles. The van der Waals surface area contributed by atoms with Crippen LogP contribution in [0.1, 0.15) is 49.1 Å². The Kier molecular flexibility index (Phi) is 6.96. The molecule has 0 bridgehead atoms. The van der Waals surface area contributed by atoms with Gasteiger partial charge >= 0.3 is 13.5 Å². The zero-order chi connectivity index (χ0) is 23.8. The first-order valence-corrected chi connectivity index (χ1v) is 12.2. The van der Waals surface area contributed by atoms with E-state index >= 15 is 0 Å². The van der Waals surface area contributed by atoms with Gasteiger partial charge in [-0.1, -0.05) is 12.8 Å². The van der Waals surface area contributed by atoms with Crippen LogP contribution in [0.2, 0.25) is 0 Å². The van der Waals surface area contributed by atoms with Crippen molar-refractivity contribution >= 4 is 7.82 Å². The Morgan fingerprint density at radius 2 is 1.88 bits per heavy atom. The molecule has 0 spiro atoms. The van der Waals surface area contributed by atoms with Gasteiger partial charge in [0.1, 0.15) is 18.3 Å². The molecule has 0 amide bonds. The average molecular weight is 483 g/mol. The van der Waals surface area contributed by atoms with Crippen molar-refractivity contribution in [3.05, 3.63) is 62.7 Å². The molecule has 13 heteroatoms. The van der Waals surface area contributed by atoms with Gasteiger partial charge in [-0.25, -0.2) is 9.36 Å². The Morgan fingerprint density at radius 1 is 1.15 bits per heavy atom. The lowest BCUT2D eigenvalue weighted by atomic mass is 9.98. The Labute approximate surface area is 188 Å². The maximum Gasteiger partial charge on any atom is 0.469 e. The van der Waals surface area contributed by atoms with Crippen molar-refractivity contribution in [2.75, 3.05) is 6.61 Å². The maximum atomic E-state index is 13.1. The van der Waals surface area contributed by atoms with Crippen LogP contribution in [0.5, 0.6) is 0 Å². The molecule has 2 aliphatic rings. The van der Waals surface area contributed by atoms with E-state index in [9.17, 15) is 24.4 Å². The molecule has 4 rings (SSSR count). The van der Waals surface area contributed by atoms with Crippen LogP contribution in [0.25, 0.3) is 0 Å². The molecule has 1 saturated heterocycles. The van der Waals surface area contributed by atoms with Gasteiger partial charge in [0.15, 0.2) is 6.23 Å². The predicted molar refractivity (Wildman–Crippen MR) is 113 cm³/mol. The lowest BCUT2D eigenvalue weighted by molar-refractivity contribution is -0.0548. The highest BCUT2D eigenvalue weighted by Crippen LogP contribution is 2.38. The summed E-state index contributed by atoms with van der Waals surface area (Å²) < 4.78 is 22.6. The molecular formula is C20H26N3O9P. The Hall–Kier alpha value is -2.18. The van der Waals surface area contributed by atoms with Gasteiger partial charge in [-0.15, -0.1) is 0 Å². The second-order valence-electron chi connectivity index (χ2n) is 8.32. The molecule has 4 N–H and O–H groups in total. The number of phosphoric ester groups is 1. The standard InChI is InChI=1S/C20H26N3O9P/c24-16-6-8-22(19-18(26)17(25)15(32-19)11-31-33(28,29)30)20(27)23(16)10-14-9-13(5-7-21-14)12-3-1-2-4-12/h5-9,12,15,17-19,25-26H,1-4,10-11H2,(H2,28,29,30)/t15-,17+,18+,19-/m1/s1. The molecule has 4 atom stereocenters. The summed E-state index contributed by atoms with van der Waals surface area (Å²) in [6.07, 6.45) is 1.46. The second-order valence-corrected chi connectivity index (χ2v) is 9.56. The molecule has 0 radical (unpaired) electrons. The molecular weight excluding hydrogens is 457 g/mol. The van der Waals surface area contributed by atoms with E-state index in [1.54, 1.807) is 6.20 Å². The third-order valence-electron chi connectivity index (χ3n) is 6.10. The van der Waals surface area contributed by atoms with E-state index in [2.05, 4.69) is 9.51 Å². The molecule has 2 fully saturated rings. The van der Waals surface area contributed by atoms with Crippen LogP contribution in [0.4, 0.5) is 0 Å². The number of aliphatic hydroxyl groups is 2. The number of hydrogen-bond donors (Lipinski definition) is 4. The summed E-state index contributed by atoms with van der Waals surface area (Å²) in [6.45, 7) is -0.791. The maximum absolute atomic E-state index is 13.1. The van der Waals surface area contributed by atoms with E-state index in [1.807, 2.05) is 12.1 Å². The summed E-state index contributed by atoms with van der Waals surface area (Å²) in [6, 6.07) is 4.96. The fraction of sp³-hybridized carbons (Fsp3) is 0.550. The largest absolute Gasteiger partial charge is 0.469 e. The van der Waals surface area contributed by atoms with Crippen LogP contribution < -0.4 is 11.2 Å². The van der Waals surface area contributed by atoms with E-state index in [4.69, 9.17) is 14.5 Å². The molecule has 1 aliphatic carbocycles. The summed E-state index contributed by atoms with van der Waals surface area (Å²) in [5.74, 6) is 0.437. The minimum atomic E-state index is -4.82. The highest BCUT2D eigenvalue weighted by molar-refractivity contribution is 7.46. The van der Waals surface area contributed by atoms with Crippen molar-refractivity contribution in [1.29, 1.82) is 0 Å². The third-order valence-corrected chi connectivity index (χ3v) is 6.59. The van der Waals surface area contributed by atoms with E-state index < -0.39 is 50.2 Å². The molecule has 2 aromatic rings. The van der Waals surface area contributed by atoms with Crippen LogP contribution in [0, 0.1) is 0 Å². The quantitative estimate of drug-likeness (QED) is 0.388. The van der Waals surface area contributed by atoms with Crippen LogP contribution in [-0.2, 0) is 20.4 Å². The van der Waals surface area contributed by atoms with E-state index in [0.29, 0.717) is 11.6 Å². The highest BCUT2D eigenvalue weighted by Gasteiger charge is 2.45. The van der Waals surface area contributed by atoms with E-state index in [0.717, 1.165) is 39.8 Å². The minimum Gasteiger partial charge on any atom is -0.387 e. The minimum absolute atomic E-state index is 0.0881. The average Bonchev–Trinajstić information content (AvgIpc) is 3.40. The van der Waals surface area contributed by atoms with Crippen LogP contribution in [0.3, 0.4) is 0 Å². The fourth-order valence-corrected chi connectivity index (χ4v) is 4.74. The Balaban J connectivity index is 1.57. The van der Waals surface area contributed by atoms with Crippen LogP contribution in [0.15, 0.2) is 40.2 Å². The van der Waals surface area contributed by atoms with Gasteiger partial charge in [0.2, 0.25) is 0 Å². The molecule has 33 heavy (non-hydrogen) atoms. The number of aromatic nitrogens is 3. The summed E-state index contributed by atoms with van der Waals surface area (Å²) in [5, 5.41) is 20.5. The van der Waals surface area contributed by atoms with Crippen molar-refractivity contribution in [2.45, 2.75) is 62.7 Å². The Bertz CT molecular complexity index is 1150. The van der Waals surface area contributed by atoms with Crippen molar-refractivity contribution in [1.82, 2.24) is 14.1 Å². The number of pyridine rings is 1. The number of nitrogens with zero attached hydrogens (tertiary/aromatic N) is 3. The van der Waals surface area contributed by atoms with Crippen molar-refractivity contribution in [2.24, 2.45) is 0 Å². The van der Waals surface area contributed by atoms with Crippen molar-refractivity contribution in [3.8, 4) is 0 Å². The van der Waals surface area contributed by atoms with Gasteiger partial charge in [0.05, 0.1) is 18.8 Å². The van der Waals surface area contributed by atoms with Gasteiger partial charge in [-0.3, -0.25) is 23.4 Å². The fourth-order valence-electron chi connectivity index (χ4n) is 4.40. The normalized spacial score (nSPS) is 26.2. The van der Waals surface area contributed by atoms with E-state index in [1.165, 1.54) is 12.8 Å². The summed E-state index contributed by atoms with van der Waals surface area (Å²) in [5.41, 5.74) is 0.298. The molecule has 0 unspecified atom stereocenters. The van der Waals surface area contributed by atoms with Crippen LogP contribution >= 0.6 is 7.82 Å². The lowest BCUT2D eigenvalue weighted by Gasteiger charge is -2.19. The highest BCUT2D eigenvalue weighted by atomic mass is 31.2. The monoisotopic (exact) mass is 483 g/mol. The van der Waals surface area contributed by atoms with Gasteiger partial charge in [0.25, 0.3) is 5.56 Å². The van der Waals surface area contributed by atoms with Crippen LogP contribution in [-0.4, -0.2) is 59.0 Å². The Morgan fingerprint density at radius 3 is 2.58 bits per heavy atom. The third kappa shape index (κ3) is 5.33. The zero-order valence-electron chi connectivity index (χ0n) is 17.6. The van der Waals surface area contributed by atoms with Crippen molar-refractivity contribution in [3.63, 3.8) is 0 Å². The van der Waals surface area contributed by atoms with Crippen molar-refractivity contribution < 1.29 is 33.8 Å². The van der Waals surface area contributed by atoms with Gasteiger partial charge in [0, 0.05) is 18.5 Å². The van der Waals surface area contributed by atoms with Gasteiger partial charge < -0.3 is 24.7 Å². The first-order valence-electron chi connectivity index (χ1n) is 10.6. The summed E-state index contributed by atoms with van der Waals surface area (Å²) >= 11 is 0. The van der Waals surface area contributed by atoms with Gasteiger partial charge in [-0.2, -0.15) is 0 Å². The number of hydrogen-bond acceptors (Lipinski definition) is 8. The SMILES string of the molecule is O=c1ccn([C@@H]2O[C@H](COP(=O)(O)O)[C@H](O)[C@@H]2O)c(=O)n1Cc1cc(C2CCCC2)ccn1.